The van der Waals surface area contributed by atoms with Crippen molar-refractivity contribution in [2.45, 2.75) is 24.9 Å². The number of alkyl carbamates (subject to hydrolysis) is 1. The summed E-state index contributed by atoms with van der Waals surface area (Å²) in [7, 11) is 0. The van der Waals surface area contributed by atoms with Crippen molar-refractivity contribution < 1.29 is 14.3 Å². The van der Waals surface area contributed by atoms with Crippen molar-refractivity contribution in [1.82, 2.24) is 10.2 Å². The van der Waals surface area contributed by atoms with Gasteiger partial charge in [-0.1, -0.05) is 12.1 Å². The fraction of sp³-hybridized carbons (Fsp3) is 0.467. The molecule has 0 aliphatic carbocycles. The van der Waals surface area contributed by atoms with Crippen LogP contribution in [0.15, 0.2) is 24.3 Å². The average molecular weight is 289 g/mol. The molecule has 2 heterocycles. The minimum atomic E-state index is -0.408. The van der Waals surface area contributed by atoms with Gasteiger partial charge in [0.1, 0.15) is 5.60 Å². The number of hydrogen-bond donors (Lipinski definition) is 2. The van der Waals surface area contributed by atoms with Gasteiger partial charge in [-0.05, 0) is 17.7 Å². The van der Waals surface area contributed by atoms with E-state index in [4.69, 9.17) is 10.5 Å². The van der Waals surface area contributed by atoms with E-state index in [0.717, 1.165) is 5.56 Å². The lowest BCUT2D eigenvalue weighted by atomic mass is 9.91. The molecule has 1 aromatic rings. The maximum Gasteiger partial charge on any atom is 0.407 e. The molecule has 0 radical (unpaired) electrons. The van der Waals surface area contributed by atoms with E-state index in [1.165, 1.54) is 0 Å². The Morgan fingerprint density at radius 1 is 1.29 bits per heavy atom. The summed E-state index contributed by atoms with van der Waals surface area (Å²) < 4.78 is 5.35. The van der Waals surface area contributed by atoms with E-state index in [-0.39, 0.29) is 12.0 Å². The Kier molecular flexibility index (Phi) is 3.45. The van der Waals surface area contributed by atoms with Gasteiger partial charge < -0.3 is 20.7 Å². The first-order valence-corrected chi connectivity index (χ1v) is 7.15. The van der Waals surface area contributed by atoms with Gasteiger partial charge in [0.15, 0.2) is 0 Å². The Labute approximate surface area is 123 Å². The number of hydrogen-bond acceptors (Lipinski definition) is 4. The molecule has 2 amide bonds. The number of carbonyl (C=O) groups excluding carboxylic acids is 2. The molecular formula is C15H19N3O3. The first-order valence-electron chi connectivity index (χ1n) is 7.15. The molecule has 1 spiro atoms. The molecule has 21 heavy (non-hydrogen) atoms. The minimum absolute atomic E-state index is 0.104. The molecule has 3 N–H and O–H groups in total. The van der Waals surface area contributed by atoms with Crippen molar-refractivity contribution in [3.05, 3.63) is 29.8 Å². The van der Waals surface area contributed by atoms with Gasteiger partial charge >= 0.3 is 6.09 Å². The summed E-state index contributed by atoms with van der Waals surface area (Å²) in [5.74, 6) is 0.104. The van der Waals surface area contributed by atoms with Crippen molar-refractivity contribution in [2.75, 3.05) is 25.4 Å². The second-order valence-electron chi connectivity index (χ2n) is 5.73. The molecule has 2 fully saturated rings. The predicted octanol–water partition coefficient (Wildman–Crippen LogP) is 0.912. The Morgan fingerprint density at radius 2 is 1.95 bits per heavy atom. The molecule has 0 unspecified atom stereocenters. The largest absolute Gasteiger partial charge is 0.441 e. The van der Waals surface area contributed by atoms with Crippen LogP contribution in [-0.4, -0.2) is 42.1 Å². The molecule has 6 nitrogen and oxygen atoms in total. The van der Waals surface area contributed by atoms with Gasteiger partial charge in [0.2, 0.25) is 5.91 Å². The molecule has 2 aliphatic rings. The van der Waals surface area contributed by atoms with E-state index in [1.54, 1.807) is 12.1 Å². The van der Waals surface area contributed by atoms with Crippen LogP contribution in [0.25, 0.3) is 0 Å². The van der Waals surface area contributed by atoms with Gasteiger partial charge in [0.05, 0.1) is 13.0 Å². The fourth-order valence-corrected chi connectivity index (χ4v) is 2.87. The molecule has 3 rings (SSSR count). The molecule has 1 aromatic carbocycles. The third kappa shape index (κ3) is 2.94. The van der Waals surface area contributed by atoms with Gasteiger partial charge in [0.25, 0.3) is 0 Å². The number of amides is 2. The Morgan fingerprint density at radius 3 is 2.52 bits per heavy atom. The minimum Gasteiger partial charge on any atom is -0.441 e. The first-order chi connectivity index (χ1) is 10.1. The number of benzene rings is 1. The van der Waals surface area contributed by atoms with Crippen LogP contribution in [0, 0.1) is 0 Å². The second kappa shape index (κ2) is 5.27. The number of likely N-dealkylation sites (tertiary alicyclic amines) is 1. The van der Waals surface area contributed by atoms with Crippen molar-refractivity contribution in [3.63, 3.8) is 0 Å². The highest BCUT2D eigenvalue weighted by atomic mass is 16.6. The zero-order chi connectivity index (χ0) is 14.9. The summed E-state index contributed by atoms with van der Waals surface area (Å²) >= 11 is 0. The summed E-state index contributed by atoms with van der Waals surface area (Å²) in [4.78, 5) is 25.3. The SMILES string of the molecule is Nc1ccc(CC(=O)N2CCC3(CC2)CNC(=O)O3)cc1. The van der Waals surface area contributed by atoms with Crippen LogP contribution in [-0.2, 0) is 16.0 Å². The van der Waals surface area contributed by atoms with Gasteiger partial charge in [-0.2, -0.15) is 0 Å². The number of anilines is 1. The number of nitrogens with two attached hydrogens (primary N) is 1. The standard InChI is InChI=1S/C15H19N3O3/c16-12-3-1-11(2-4-12)9-13(19)18-7-5-15(6-8-18)10-17-14(20)21-15/h1-4H,5-10,16H2,(H,17,20). The third-order valence-corrected chi connectivity index (χ3v) is 4.23. The predicted molar refractivity (Wildman–Crippen MR) is 77.6 cm³/mol. The van der Waals surface area contributed by atoms with Crippen molar-refractivity contribution in [1.29, 1.82) is 0 Å². The first kappa shape index (κ1) is 13.7. The maximum absolute atomic E-state index is 12.3. The number of carbonyl (C=O) groups is 2. The summed E-state index contributed by atoms with van der Waals surface area (Å²) in [5, 5.41) is 2.69. The van der Waals surface area contributed by atoms with Crippen LogP contribution < -0.4 is 11.1 Å². The van der Waals surface area contributed by atoms with E-state index >= 15 is 0 Å². The van der Waals surface area contributed by atoms with E-state index in [0.29, 0.717) is 44.6 Å². The highest BCUT2D eigenvalue weighted by Crippen LogP contribution is 2.29. The summed E-state index contributed by atoms with van der Waals surface area (Å²) in [6.45, 7) is 1.80. The Balaban J connectivity index is 1.55. The quantitative estimate of drug-likeness (QED) is 0.793. The fourth-order valence-electron chi connectivity index (χ4n) is 2.87. The number of rotatable bonds is 2. The smallest absolute Gasteiger partial charge is 0.407 e. The number of piperidine rings is 1. The molecule has 0 aromatic heterocycles. The van der Waals surface area contributed by atoms with Gasteiger partial charge in [-0.15, -0.1) is 0 Å². The highest BCUT2D eigenvalue weighted by molar-refractivity contribution is 5.79. The summed E-state index contributed by atoms with van der Waals surface area (Å²) in [6, 6.07) is 7.36. The van der Waals surface area contributed by atoms with Gasteiger partial charge in [-0.25, -0.2) is 4.79 Å². The Hall–Kier alpha value is -2.24. The second-order valence-corrected chi connectivity index (χ2v) is 5.73. The number of nitrogen functional groups attached to an aromatic ring is 1. The molecule has 6 heteroatoms. The lowest BCUT2D eigenvalue weighted by Crippen LogP contribution is -2.48. The van der Waals surface area contributed by atoms with E-state index in [2.05, 4.69) is 5.32 Å². The van der Waals surface area contributed by atoms with E-state index < -0.39 is 5.60 Å². The van der Waals surface area contributed by atoms with Crippen LogP contribution >= 0.6 is 0 Å². The van der Waals surface area contributed by atoms with Crippen molar-refractivity contribution in [3.8, 4) is 0 Å². The Bertz CT molecular complexity index is 548. The highest BCUT2D eigenvalue weighted by Gasteiger charge is 2.43. The maximum atomic E-state index is 12.3. The molecular weight excluding hydrogens is 270 g/mol. The van der Waals surface area contributed by atoms with E-state index in [1.807, 2.05) is 17.0 Å². The molecule has 0 saturated carbocycles. The van der Waals surface area contributed by atoms with Crippen molar-refractivity contribution in [2.24, 2.45) is 0 Å². The van der Waals surface area contributed by atoms with Gasteiger partial charge in [-0.3, -0.25) is 4.79 Å². The van der Waals surface area contributed by atoms with Crippen LogP contribution in [0.1, 0.15) is 18.4 Å². The molecule has 0 atom stereocenters. The van der Waals surface area contributed by atoms with Crippen LogP contribution in [0.2, 0.25) is 0 Å². The zero-order valence-corrected chi connectivity index (χ0v) is 11.8. The van der Waals surface area contributed by atoms with Crippen LogP contribution in [0.3, 0.4) is 0 Å². The lowest BCUT2D eigenvalue weighted by Gasteiger charge is -2.37. The average Bonchev–Trinajstić information content (AvgIpc) is 2.83. The topological polar surface area (TPSA) is 84.7 Å². The molecule has 0 bridgehead atoms. The van der Waals surface area contributed by atoms with Crippen LogP contribution in [0.4, 0.5) is 10.5 Å². The van der Waals surface area contributed by atoms with Crippen molar-refractivity contribution >= 4 is 17.7 Å². The summed E-state index contributed by atoms with van der Waals surface area (Å²) in [6.07, 6.45) is 1.42. The lowest BCUT2D eigenvalue weighted by molar-refractivity contribution is -0.133. The van der Waals surface area contributed by atoms with Crippen LogP contribution in [0.5, 0.6) is 0 Å². The molecule has 2 aliphatic heterocycles. The van der Waals surface area contributed by atoms with E-state index in [9.17, 15) is 9.59 Å². The number of ether oxygens (including phenoxy) is 1. The number of nitrogens with zero attached hydrogens (tertiary/aromatic N) is 1. The molecule has 2 saturated heterocycles. The zero-order valence-electron chi connectivity index (χ0n) is 11.8. The monoisotopic (exact) mass is 289 g/mol. The number of nitrogens with one attached hydrogen (secondary N) is 1. The van der Waals surface area contributed by atoms with Gasteiger partial charge in [0, 0.05) is 31.6 Å². The normalized spacial score (nSPS) is 20.2. The third-order valence-electron chi connectivity index (χ3n) is 4.23. The summed E-state index contributed by atoms with van der Waals surface area (Å²) in [5.41, 5.74) is 6.89. The molecule has 112 valence electrons.